The Bertz CT molecular complexity index is 1370. The van der Waals surface area contributed by atoms with Crippen molar-refractivity contribution in [1.82, 2.24) is 14.5 Å². The number of aromatic nitrogens is 2. The van der Waals surface area contributed by atoms with Crippen molar-refractivity contribution in [3.63, 3.8) is 0 Å². The summed E-state index contributed by atoms with van der Waals surface area (Å²) in [4.78, 5) is 35.0. The van der Waals surface area contributed by atoms with Gasteiger partial charge >= 0.3 is 0 Å². The zero-order valence-corrected chi connectivity index (χ0v) is 19.3. The van der Waals surface area contributed by atoms with Crippen molar-refractivity contribution in [3.05, 3.63) is 87.8 Å². The van der Waals surface area contributed by atoms with Gasteiger partial charge in [0.05, 0.1) is 24.5 Å². The van der Waals surface area contributed by atoms with Gasteiger partial charge in [0.15, 0.2) is 0 Å². The molecule has 1 aliphatic carbocycles. The molecule has 0 aliphatic heterocycles. The quantitative estimate of drug-likeness (QED) is 0.381. The Morgan fingerprint density at radius 3 is 2.76 bits per heavy atom. The lowest BCUT2D eigenvalue weighted by Gasteiger charge is -2.27. The van der Waals surface area contributed by atoms with Crippen molar-refractivity contribution in [2.45, 2.75) is 45.7 Å². The van der Waals surface area contributed by atoms with E-state index in [2.05, 4.69) is 11.1 Å². The fourth-order valence-corrected chi connectivity index (χ4v) is 5.41. The monoisotopic (exact) mass is 459 g/mol. The maximum Gasteiger partial charge on any atom is 0.263 e. The predicted octanol–water partition coefficient (Wildman–Crippen LogP) is 5.51. The maximum absolute atomic E-state index is 13.5. The summed E-state index contributed by atoms with van der Waals surface area (Å²) in [5, 5.41) is 0.577. The first-order chi connectivity index (χ1) is 16.1. The molecule has 0 spiro atoms. The van der Waals surface area contributed by atoms with Crippen LogP contribution in [0.3, 0.4) is 0 Å². The highest BCUT2D eigenvalue weighted by Gasteiger charge is 2.23. The van der Waals surface area contributed by atoms with E-state index in [1.54, 1.807) is 11.2 Å². The Hall–Kier alpha value is -3.45. The molecule has 1 aromatic carbocycles. The van der Waals surface area contributed by atoms with Gasteiger partial charge in [-0.3, -0.25) is 14.2 Å². The number of carbonyl (C=O) groups is 1. The Kier molecular flexibility index (Phi) is 5.96. The summed E-state index contributed by atoms with van der Waals surface area (Å²) >= 11 is 1.51. The van der Waals surface area contributed by atoms with Crippen molar-refractivity contribution in [1.29, 1.82) is 0 Å². The van der Waals surface area contributed by atoms with Gasteiger partial charge in [-0.05, 0) is 50.3 Å². The minimum Gasteiger partial charge on any atom is -0.467 e. The molecule has 0 atom stereocenters. The van der Waals surface area contributed by atoms with Crippen LogP contribution in [0, 0.1) is 6.92 Å². The molecule has 5 rings (SSSR count). The van der Waals surface area contributed by atoms with Gasteiger partial charge in [-0.1, -0.05) is 36.4 Å². The average molecular weight is 460 g/mol. The summed E-state index contributed by atoms with van der Waals surface area (Å²) in [5.74, 6) is 0.576. The fourth-order valence-electron chi connectivity index (χ4n) is 4.41. The van der Waals surface area contributed by atoms with Gasteiger partial charge in [0.25, 0.3) is 5.56 Å². The molecular formula is C26H25N3O3S. The molecule has 4 aromatic rings. The number of hydrogen-bond acceptors (Lipinski definition) is 5. The summed E-state index contributed by atoms with van der Waals surface area (Å²) in [6, 6.07) is 13.6. The molecule has 0 saturated heterocycles. The molecule has 0 N–H and O–H groups in total. The zero-order valence-electron chi connectivity index (χ0n) is 18.5. The van der Waals surface area contributed by atoms with Crippen molar-refractivity contribution < 1.29 is 9.21 Å². The van der Waals surface area contributed by atoms with E-state index < -0.39 is 0 Å². The molecule has 6 nitrogen and oxygen atoms in total. The summed E-state index contributed by atoms with van der Waals surface area (Å²) < 4.78 is 6.94. The number of benzene rings is 1. The number of allylic oxidation sites excluding steroid dienone is 2. The second kappa shape index (κ2) is 9.19. The van der Waals surface area contributed by atoms with Crippen LogP contribution in [0.25, 0.3) is 21.3 Å². The lowest BCUT2D eigenvalue weighted by Crippen LogP contribution is -2.36. The van der Waals surface area contributed by atoms with Gasteiger partial charge in [-0.2, -0.15) is 0 Å². The second-order valence-electron chi connectivity index (χ2n) is 8.26. The van der Waals surface area contributed by atoms with E-state index in [1.165, 1.54) is 22.2 Å². The molecule has 1 aliphatic rings. The van der Waals surface area contributed by atoms with Crippen LogP contribution in [-0.4, -0.2) is 20.4 Å². The van der Waals surface area contributed by atoms with E-state index in [1.807, 2.05) is 49.4 Å². The number of furan rings is 1. The van der Waals surface area contributed by atoms with Gasteiger partial charge in [0.2, 0.25) is 5.91 Å². The Morgan fingerprint density at radius 2 is 2.03 bits per heavy atom. The van der Waals surface area contributed by atoms with Crippen LogP contribution in [0.5, 0.6) is 0 Å². The van der Waals surface area contributed by atoms with Crippen molar-refractivity contribution >= 4 is 27.5 Å². The summed E-state index contributed by atoms with van der Waals surface area (Å²) in [7, 11) is 0. The molecule has 3 aromatic heterocycles. The highest BCUT2D eigenvalue weighted by molar-refractivity contribution is 7.19. The molecule has 7 heteroatoms. The first-order valence-corrected chi connectivity index (χ1v) is 12.0. The van der Waals surface area contributed by atoms with Crippen LogP contribution < -0.4 is 5.56 Å². The SMILES string of the molecule is Cc1sc2ncn(CC(=O)N(Cc3ccco3)C3=CCCCC3)c(=O)c2c1-c1ccccc1. The molecular weight excluding hydrogens is 434 g/mol. The van der Waals surface area contributed by atoms with Crippen LogP contribution in [0.1, 0.15) is 36.3 Å². The molecule has 0 radical (unpaired) electrons. The van der Waals surface area contributed by atoms with Crippen LogP contribution >= 0.6 is 11.3 Å². The normalized spacial score (nSPS) is 13.8. The summed E-state index contributed by atoms with van der Waals surface area (Å²) in [6.45, 7) is 2.29. The summed E-state index contributed by atoms with van der Waals surface area (Å²) in [6.07, 6.45) is 9.22. The Labute approximate surface area is 195 Å². The number of carbonyl (C=O) groups excluding carboxylic acids is 1. The second-order valence-corrected chi connectivity index (χ2v) is 9.46. The van der Waals surface area contributed by atoms with E-state index in [9.17, 15) is 9.59 Å². The Balaban J connectivity index is 1.51. The number of fused-ring (bicyclic) bond motifs is 1. The maximum atomic E-state index is 13.5. The van der Waals surface area contributed by atoms with E-state index >= 15 is 0 Å². The fraction of sp³-hybridized carbons (Fsp3) is 0.269. The number of rotatable bonds is 6. The zero-order chi connectivity index (χ0) is 22.8. The summed E-state index contributed by atoms with van der Waals surface area (Å²) in [5.41, 5.74) is 2.70. The topological polar surface area (TPSA) is 68.3 Å². The molecule has 3 heterocycles. The predicted molar refractivity (Wildman–Crippen MR) is 130 cm³/mol. The minimum atomic E-state index is -0.188. The molecule has 33 heavy (non-hydrogen) atoms. The molecule has 0 fully saturated rings. The van der Waals surface area contributed by atoms with Crippen molar-refractivity contribution in [3.8, 4) is 11.1 Å². The van der Waals surface area contributed by atoms with Crippen LogP contribution in [0.4, 0.5) is 0 Å². The van der Waals surface area contributed by atoms with E-state index in [0.717, 1.165) is 53.1 Å². The minimum absolute atomic E-state index is 0.0665. The third kappa shape index (κ3) is 4.28. The number of hydrogen-bond donors (Lipinski definition) is 0. The smallest absolute Gasteiger partial charge is 0.263 e. The van der Waals surface area contributed by atoms with E-state index in [-0.39, 0.29) is 18.0 Å². The van der Waals surface area contributed by atoms with E-state index in [0.29, 0.717) is 16.8 Å². The first kappa shape index (κ1) is 21.4. The molecule has 0 saturated carbocycles. The lowest BCUT2D eigenvalue weighted by atomic mass is 10.0. The van der Waals surface area contributed by atoms with Gasteiger partial charge in [0.1, 0.15) is 17.1 Å². The molecule has 1 amide bonds. The molecule has 0 unspecified atom stereocenters. The first-order valence-electron chi connectivity index (χ1n) is 11.2. The van der Waals surface area contributed by atoms with Gasteiger partial charge < -0.3 is 9.32 Å². The highest BCUT2D eigenvalue weighted by Crippen LogP contribution is 2.35. The van der Waals surface area contributed by atoms with Crippen LogP contribution in [-0.2, 0) is 17.9 Å². The van der Waals surface area contributed by atoms with Crippen LogP contribution in [0.2, 0.25) is 0 Å². The number of aryl methyl sites for hydroxylation is 1. The van der Waals surface area contributed by atoms with Gasteiger partial charge in [-0.15, -0.1) is 11.3 Å². The van der Waals surface area contributed by atoms with E-state index in [4.69, 9.17) is 4.42 Å². The lowest BCUT2D eigenvalue weighted by molar-refractivity contribution is -0.130. The molecule has 168 valence electrons. The number of nitrogens with zero attached hydrogens (tertiary/aromatic N) is 3. The highest BCUT2D eigenvalue weighted by atomic mass is 32.1. The van der Waals surface area contributed by atoms with Gasteiger partial charge in [-0.25, -0.2) is 4.98 Å². The third-order valence-electron chi connectivity index (χ3n) is 6.03. The number of thiophene rings is 1. The third-order valence-corrected chi connectivity index (χ3v) is 7.04. The largest absolute Gasteiger partial charge is 0.467 e. The van der Waals surface area contributed by atoms with Crippen molar-refractivity contribution in [2.24, 2.45) is 0 Å². The standard InChI is InChI=1S/C26H25N3O3S/c1-18-23(19-9-4-2-5-10-19)24-25(33-18)27-17-28(26(24)31)16-22(30)29(15-21-13-8-14-32-21)20-11-6-3-7-12-20/h2,4-5,8-11,13-14,17H,3,6-7,12,15-16H2,1H3. The van der Waals surface area contributed by atoms with Gasteiger partial charge in [0, 0.05) is 16.1 Å². The molecule has 0 bridgehead atoms. The van der Waals surface area contributed by atoms with Crippen molar-refractivity contribution in [2.75, 3.05) is 0 Å². The Morgan fingerprint density at radius 1 is 1.18 bits per heavy atom. The van der Waals surface area contributed by atoms with Crippen LogP contribution in [0.15, 0.2) is 76.0 Å². The average Bonchev–Trinajstić information content (AvgIpc) is 3.48. The number of amides is 1.